The Bertz CT molecular complexity index is 332. The molecule has 1 fully saturated rings. The molecule has 1 atom stereocenters. The maximum atomic E-state index is 13.2. The van der Waals surface area contributed by atoms with Crippen LogP contribution in [0.25, 0.3) is 0 Å². The molecule has 0 radical (unpaired) electrons. The van der Waals surface area contributed by atoms with E-state index < -0.39 is 17.2 Å². The SMILES string of the molecule is CC1(c2cc(F)ccc2F)CCO1. The van der Waals surface area contributed by atoms with Gasteiger partial charge in [0.25, 0.3) is 0 Å². The Labute approximate surface area is 75.3 Å². The van der Waals surface area contributed by atoms with Gasteiger partial charge >= 0.3 is 0 Å². The molecule has 1 saturated heterocycles. The number of halogens is 2. The highest BCUT2D eigenvalue weighted by atomic mass is 19.1. The second-order valence-electron chi connectivity index (χ2n) is 3.45. The standard InChI is InChI=1S/C10H10F2O/c1-10(4-5-13-10)8-6-7(11)2-3-9(8)12/h2-3,6H,4-5H2,1H3. The largest absolute Gasteiger partial charge is 0.370 e. The molecule has 13 heavy (non-hydrogen) atoms. The molecule has 1 aliphatic heterocycles. The molecule has 0 amide bonds. The van der Waals surface area contributed by atoms with Crippen LogP contribution in [0.1, 0.15) is 18.9 Å². The maximum absolute atomic E-state index is 13.2. The van der Waals surface area contributed by atoms with Crippen molar-refractivity contribution in [1.82, 2.24) is 0 Å². The Kier molecular flexibility index (Phi) is 1.84. The second-order valence-corrected chi connectivity index (χ2v) is 3.45. The van der Waals surface area contributed by atoms with E-state index in [-0.39, 0.29) is 0 Å². The maximum Gasteiger partial charge on any atom is 0.129 e. The van der Waals surface area contributed by atoms with Gasteiger partial charge in [-0.1, -0.05) is 0 Å². The summed E-state index contributed by atoms with van der Waals surface area (Å²) >= 11 is 0. The Morgan fingerprint density at radius 2 is 2.08 bits per heavy atom. The third-order valence-corrected chi connectivity index (χ3v) is 2.50. The van der Waals surface area contributed by atoms with Crippen LogP contribution in [0.4, 0.5) is 8.78 Å². The molecule has 0 N–H and O–H groups in total. The van der Waals surface area contributed by atoms with Gasteiger partial charge in [0.05, 0.1) is 12.2 Å². The third-order valence-electron chi connectivity index (χ3n) is 2.50. The van der Waals surface area contributed by atoms with E-state index in [0.717, 1.165) is 18.6 Å². The van der Waals surface area contributed by atoms with E-state index in [4.69, 9.17) is 4.74 Å². The molecule has 1 aliphatic rings. The molecule has 2 rings (SSSR count). The van der Waals surface area contributed by atoms with Crippen molar-refractivity contribution < 1.29 is 13.5 Å². The highest BCUT2D eigenvalue weighted by Crippen LogP contribution is 2.38. The van der Waals surface area contributed by atoms with E-state index in [9.17, 15) is 8.78 Å². The lowest BCUT2D eigenvalue weighted by atomic mass is 9.88. The first-order chi connectivity index (χ1) is 6.12. The Morgan fingerprint density at radius 1 is 1.38 bits per heavy atom. The van der Waals surface area contributed by atoms with Crippen molar-refractivity contribution in [3.63, 3.8) is 0 Å². The molecule has 1 nitrogen and oxygen atoms in total. The van der Waals surface area contributed by atoms with Gasteiger partial charge in [-0.3, -0.25) is 0 Å². The van der Waals surface area contributed by atoms with Crippen molar-refractivity contribution in [1.29, 1.82) is 0 Å². The van der Waals surface area contributed by atoms with Gasteiger partial charge in [0.15, 0.2) is 0 Å². The number of hydrogen-bond acceptors (Lipinski definition) is 1. The van der Waals surface area contributed by atoms with E-state index in [1.165, 1.54) is 6.07 Å². The molecule has 0 bridgehead atoms. The monoisotopic (exact) mass is 184 g/mol. The fourth-order valence-electron chi connectivity index (χ4n) is 1.52. The van der Waals surface area contributed by atoms with Crippen molar-refractivity contribution in [2.45, 2.75) is 18.9 Å². The molecule has 0 aliphatic carbocycles. The highest BCUT2D eigenvalue weighted by Gasteiger charge is 2.37. The summed E-state index contributed by atoms with van der Waals surface area (Å²) < 4.78 is 31.3. The van der Waals surface area contributed by atoms with Crippen molar-refractivity contribution in [2.24, 2.45) is 0 Å². The molecule has 1 aromatic carbocycles. The molecule has 1 aromatic rings. The minimum atomic E-state index is -0.619. The lowest BCUT2D eigenvalue weighted by Gasteiger charge is -2.39. The lowest BCUT2D eigenvalue weighted by molar-refractivity contribution is -0.142. The van der Waals surface area contributed by atoms with Crippen LogP contribution < -0.4 is 0 Å². The van der Waals surface area contributed by atoms with Crippen molar-refractivity contribution in [2.75, 3.05) is 6.61 Å². The predicted octanol–water partition coefficient (Wildman–Crippen LogP) is 2.60. The van der Waals surface area contributed by atoms with E-state index in [1.54, 1.807) is 6.92 Å². The Hall–Kier alpha value is -0.960. The number of hydrogen-bond donors (Lipinski definition) is 0. The first-order valence-corrected chi connectivity index (χ1v) is 4.21. The molecular formula is C10H10F2O. The number of benzene rings is 1. The zero-order valence-corrected chi connectivity index (χ0v) is 7.31. The van der Waals surface area contributed by atoms with E-state index in [0.29, 0.717) is 12.2 Å². The summed E-state index contributed by atoms with van der Waals surface area (Å²) in [4.78, 5) is 0. The molecular weight excluding hydrogens is 174 g/mol. The van der Waals surface area contributed by atoms with Gasteiger partial charge in [0.1, 0.15) is 11.6 Å². The minimum absolute atomic E-state index is 0.318. The smallest absolute Gasteiger partial charge is 0.129 e. The van der Waals surface area contributed by atoms with E-state index >= 15 is 0 Å². The summed E-state index contributed by atoms with van der Waals surface area (Å²) in [5.41, 5.74) is -0.301. The Balaban J connectivity index is 2.43. The van der Waals surface area contributed by atoms with Crippen molar-refractivity contribution >= 4 is 0 Å². The van der Waals surface area contributed by atoms with Gasteiger partial charge in [-0.15, -0.1) is 0 Å². The summed E-state index contributed by atoms with van der Waals surface area (Å²) in [6.07, 6.45) is 0.743. The number of ether oxygens (including phenoxy) is 1. The summed E-state index contributed by atoms with van der Waals surface area (Å²) in [5.74, 6) is -0.822. The van der Waals surface area contributed by atoms with Crippen LogP contribution >= 0.6 is 0 Å². The van der Waals surface area contributed by atoms with E-state index in [1.807, 2.05) is 0 Å². The first kappa shape index (κ1) is 8.63. The lowest BCUT2D eigenvalue weighted by Crippen LogP contribution is -2.38. The van der Waals surface area contributed by atoms with Gasteiger partial charge < -0.3 is 4.74 Å². The van der Waals surface area contributed by atoms with Gasteiger partial charge in [0.2, 0.25) is 0 Å². The summed E-state index contributed by atoms with van der Waals surface area (Å²) in [6, 6.07) is 3.45. The molecule has 0 spiro atoms. The van der Waals surface area contributed by atoms with Crippen molar-refractivity contribution in [3.8, 4) is 0 Å². The topological polar surface area (TPSA) is 9.23 Å². The van der Waals surface area contributed by atoms with Gasteiger partial charge in [-0.2, -0.15) is 0 Å². The van der Waals surface area contributed by atoms with Crippen LogP contribution in [0, 0.1) is 11.6 Å². The second kappa shape index (κ2) is 2.77. The zero-order valence-electron chi connectivity index (χ0n) is 7.31. The molecule has 0 aromatic heterocycles. The molecule has 1 heterocycles. The average Bonchev–Trinajstić information content (AvgIpc) is 2.05. The van der Waals surface area contributed by atoms with Gasteiger partial charge in [-0.25, -0.2) is 8.78 Å². The summed E-state index contributed by atoms with van der Waals surface area (Å²) in [5, 5.41) is 0. The fraction of sp³-hybridized carbons (Fsp3) is 0.400. The van der Waals surface area contributed by atoms with Crippen LogP contribution in [0.5, 0.6) is 0 Å². The minimum Gasteiger partial charge on any atom is -0.370 e. The highest BCUT2D eigenvalue weighted by molar-refractivity contribution is 5.26. The van der Waals surface area contributed by atoms with Gasteiger partial charge in [0, 0.05) is 12.0 Å². The predicted molar refractivity (Wildman–Crippen MR) is 44.3 cm³/mol. The van der Waals surface area contributed by atoms with Crippen molar-refractivity contribution in [3.05, 3.63) is 35.4 Å². The molecule has 70 valence electrons. The zero-order chi connectivity index (χ0) is 9.47. The molecule has 1 unspecified atom stereocenters. The fourth-order valence-corrected chi connectivity index (χ4v) is 1.52. The van der Waals surface area contributed by atoms with Crippen LogP contribution in [0.15, 0.2) is 18.2 Å². The van der Waals surface area contributed by atoms with Crippen LogP contribution in [-0.4, -0.2) is 6.61 Å². The quantitative estimate of drug-likeness (QED) is 0.651. The van der Waals surface area contributed by atoms with Gasteiger partial charge in [-0.05, 0) is 25.1 Å². The normalized spacial score (nSPS) is 27.0. The first-order valence-electron chi connectivity index (χ1n) is 4.21. The van der Waals surface area contributed by atoms with Crippen LogP contribution in [-0.2, 0) is 10.3 Å². The average molecular weight is 184 g/mol. The van der Waals surface area contributed by atoms with Crippen LogP contribution in [0.2, 0.25) is 0 Å². The molecule has 3 heteroatoms. The van der Waals surface area contributed by atoms with E-state index in [2.05, 4.69) is 0 Å². The summed E-state index contributed by atoms with van der Waals surface area (Å²) in [6.45, 7) is 2.39. The molecule has 0 saturated carbocycles. The Morgan fingerprint density at radius 3 is 2.62 bits per heavy atom. The van der Waals surface area contributed by atoms with Crippen LogP contribution in [0.3, 0.4) is 0 Å². The summed E-state index contributed by atoms with van der Waals surface area (Å²) in [7, 11) is 0. The number of rotatable bonds is 1. The third kappa shape index (κ3) is 1.33.